The first kappa shape index (κ1) is 18.7. The number of rotatable bonds is 6. The third-order valence-electron chi connectivity index (χ3n) is 7.65. The molecule has 1 aliphatic rings. The number of nitrogens with zero attached hydrogens (tertiary/aromatic N) is 2. The standard InChI is InChI=1S/C27H33N2/c1-5-9-11-19-16-17-28-24(18-19)22-15-14-20-12-10-13-21-23(6-2)27(7-3,8-4)29(28)26(22)25(20)21/h10,12-18,23H,5-9,11H2,1-4H3/q+1. The van der Waals surface area contributed by atoms with Gasteiger partial charge < -0.3 is 0 Å². The summed E-state index contributed by atoms with van der Waals surface area (Å²) in [7, 11) is 0. The van der Waals surface area contributed by atoms with Crippen LogP contribution in [0.25, 0.3) is 27.2 Å². The van der Waals surface area contributed by atoms with Gasteiger partial charge in [0.2, 0.25) is 5.52 Å². The third kappa shape index (κ3) is 2.38. The first-order chi connectivity index (χ1) is 14.2. The summed E-state index contributed by atoms with van der Waals surface area (Å²) < 4.78 is 5.16. The van der Waals surface area contributed by atoms with Crippen LogP contribution in [0, 0.1) is 0 Å². The van der Waals surface area contributed by atoms with Gasteiger partial charge >= 0.3 is 0 Å². The number of benzene rings is 2. The summed E-state index contributed by atoms with van der Waals surface area (Å²) in [4.78, 5) is 0. The van der Waals surface area contributed by atoms with E-state index in [1.165, 1.54) is 58.4 Å². The molecule has 0 amide bonds. The van der Waals surface area contributed by atoms with Crippen LogP contribution < -0.4 is 4.68 Å². The molecule has 3 heterocycles. The van der Waals surface area contributed by atoms with Crippen LogP contribution in [0.2, 0.25) is 0 Å². The van der Waals surface area contributed by atoms with Crippen molar-refractivity contribution >= 4 is 27.2 Å². The highest BCUT2D eigenvalue weighted by atomic mass is 15.4. The van der Waals surface area contributed by atoms with Gasteiger partial charge in [0.1, 0.15) is 5.52 Å². The van der Waals surface area contributed by atoms with Gasteiger partial charge in [0.25, 0.3) is 0 Å². The van der Waals surface area contributed by atoms with Crippen LogP contribution in [-0.4, -0.2) is 4.52 Å². The number of hydrogen-bond acceptors (Lipinski definition) is 0. The molecule has 2 aromatic heterocycles. The molecule has 0 radical (unpaired) electrons. The van der Waals surface area contributed by atoms with Crippen molar-refractivity contribution in [3.05, 3.63) is 59.8 Å². The normalized spacial score (nSPS) is 17.7. The Morgan fingerprint density at radius 2 is 1.83 bits per heavy atom. The first-order valence-corrected chi connectivity index (χ1v) is 11.6. The fourth-order valence-electron chi connectivity index (χ4n) is 6.18. The molecule has 1 unspecified atom stereocenters. The molecule has 2 heteroatoms. The topological polar surface area (TPSA) is 8.29 Å². The van der Waals surface area contributed by atoms with Gasteiger partial charge in [-0.3, -0.25) is 0 Å². The van der Waals surface area contributed by atoms with Crippen LogP contribution >= 0.6 is 0 Å². The summed E-state index contributed by atoms with van der Waals surface area (Å²) in [6.45, 7) is 9.41. The second kappa shape index (κ2) is 6.86. The van der Waals surface area contributed by atoms with Crippen molar-refractivity contribution in [2.75, 3.05) is 0 Å². The fourth-order valence-corrected chi connectivity index (χ4v) is 6.18. The molecule has 150 valence electrons. The molecule has 0 saturated heterocycles. The van der Waals surface area contributed by atoms with Crippen molar-refractivity contribution in [3.8, 4) is 0 Å². The highest BCUT2D eigenvalue weighted by Gasteiger charge is 2.52. The van der Waals surface area contributed by atoms with Crippen LogP contribution in [0.15, 0.2) is 48.7 Å². The van der Waals surface area contributed by atoms with E-state index in [-0.39, 0.29) is 5.54 Å². The minimum Gasteiger partial charge on any atom is -0.127 e. The van der Waals surface area contributed by atoms with E-state index >= 15 is 0 Å². The third-order valence-corrected chi connectivity index (χ3v) is 7.65. The van der Waals surface area contributed by atoms with Crippen LogP contribution in [0.4, 0.5) is 0 Å². The van der Waals surface area contributed by atoms with Crippen molar-refractivity contribution in [2.24, 2.45) is 0 Å². The van der Waals surface area contributed by atoms with Gasteiger partial charge in [0.15, 0.2) is 5.54 Å². The van der Waals surface area contributed by atoms with Crippen molar-refractivity contribution in [1.29, 1.82) is 0 Å². The number of aryl methyl sites for hydroxylation is 1. The van der Waals surface area contributed by atoms with E-state index in [0.717, 1.165) is 12.8 Å². The van der Waals surface area contributed by atoms with Crippen molar-refractivity contribution in [2.45, 2.75) is 77.7 Å². The molecule has 1 atom stereocenters. The summed E-state index contributed by atoms with van der Waals surface area (Å²) >= 11 is 0. The van der Waals surface area contributed by atoms with E-state index in [1.54, 1.807) is 5.56 Å². The van der Waals surface area contributed by atoms with Crippen molar-refractivity contribution in [3.63, 3.8) is 0 Å². The lowest BCUT2D eigenvalue weighted by molar-refractivity contribution is -0.805. The molecule has 0 aliphatic carbocycles. The molecular weight excluding hydrogens is 352 g/mol. The average molecular weight is 386 g/mol. The molecule has 0 fully saturated rings. The van der Waals surface area contributed by atoms with Gasteiger partial charge in [0.05, 0.1) is 22.9 Å². The molecule has 4 aromatic rings. The number of pyridine rings is 1. The maximum atomic E-state index is 2.69. The van der Waals surface area contributed by atoms with E-state index < -0.39 is 0 Å². The minimum atomic E-state index is 0.118. The van der Waals surface area contributed by atoms with Crippen molar-refractivity contribution < 1.29 is 4.68 Å². The van der Waals surface area contributed by atoms with Crippen LogP contribution in [-0.2, 0) is 12.0 Å². The maximum Gasteiger partial charge on any atom is 0.248 e. The predicted molar refractivity (Wildman–Crippen MR) is 123 cm³/mol. The first-order valence-electron chi connectivity index (χ1n) is 11.6. The quantitative estimate of drug-likeness (QED) is 0.319. The summed E-state index contributed by atoms with van der Waals surface area (Å²) in [5, 5.41) is 4.27. The second-order valence-corrected chi connectivity index (χ2v) is 8.86. The van der Waals surface area contributed by atoms with Gasteiger partial charge in [0, 0.05) is 12.8 Å². The molecule has 29 heavy (non-hydrogen) atoms. The lowest BCUT2D eigenvalue weighted by atomic mass is 9.71. The van der Waals surface area contributed by atoms with Crippen LogP contribution in [0.1, 0.15) is 76.8 Å². The highest BCUT2D eigenvalue weighted by Crippen LogP contribution is 2.47. The van der Waals surface area contributed by atoms with E-state index in [9.17, 15) is 0 Å². The summed E-state index contributed by atoms with van der Waals surface area (Å²) in [6, 6.07) is 16.4. The Kier molecular flexibility index (Phi) is 4.42. The van der Waals surface area contributed by atoms with Crippen molar-refractivity contribution in [1.82, 2.24) is 4.52 Å². The molecule has 0 bridgehead atoms. The SMILES string of the molecule is CCCCc1ccn2c(c1)c1ccc3cccc4c3c1[n+]2C(CC)(CC)C4CC. The number of unbranched alkanes of at least 4 members (excludes halogenated alkanes) is 1. The van der Waals surface area contributed by atoms with Gasteiger partial charge in [-0.15, -0.1) is 4.52 Å². The zero-order valence-electron chi connectivity index (χ0n) is 18.3. The van der Waals surface area contributed by atoms with Gasteiger partial charge in [-0.05, 0) is 54.0 Å². The van der Waals surface area contributed by atoms with Gasteiger partial charge in [-0.2, -0.15) is 0 Å². The molecule has 0 saturated carbocycles. The zero-order chi connectivity index (χ0) is 20.2. The molecular formula is C27H33N2+. The second-order valence-electron chi connectivity index (χ2n) is 8.86. The lowest BCUT2D eigenvalue weighted by Crippen LogP contribution is -2.63. The highest BCUT2D eigenvalue weighted by molar-refractivity contribution is 6.10. The summed E-state index contributed by atoms with van der Waals surface area (Å²) in [5.74, 6) is 0.544. The molecule has 2 aromatic carbocycles. The Labute approximate surface area is 174 Å². The van der Waals surface area contributed by atoms with Crippen LogP contribution in [0.5, 0.6) is 0 Å². The van der Waals surface area contributed by atoms with Gasteiger partial charge in [-0.1, -0.05) is 63.1 Å². The molecule has 1 aliphatic heterocycles. The Hall–Kier alpha value is -2.35. The Bertz CT molecular complexity index is 1210. The minimum absolute atomic E-state index is 0.118. The fraction of sp³-hybridized carbons (Fsp3) is 0.444. The monoisotopic (exact) mass is 385 g/mol. The molecule has 0 spiro atoms. The van der Waals surface area contributed by atoms with E-state index in [0.29, 0.717) is 5.92 Å². The summed E-state index contributed by atoms with van der Waals surface area (Å²) in [5.41, 5.74) is 5.95. The Morgan fingerprint density at radius 3 is 2.55 bits per heavy atom. The van der Waals surface area contributed by atoms with Gasteiger partial charge in [-0.25, -0.2) is 0 Å². The number of fused-ring (bicyclic) bond motifs is 3. The molecule has 2 nitrogen and oxygen atoms in total. The maximum absolute atomic E-state index is 2.69. The Balaban J connectivity index is 1.97. The van der Waals surface area contributed by atoms with E-state index in [2.05, 4.69) is 85.6 Å². The smallest absolute Gasteiger partial charge is 0.127 e. The number of hydrogen-bond donors (Lipinski definition) is 0. The average Bonchev–Trinajstić information content (AvgIpc) is 3.11. The summed E-state index contributed by atoms with van der Waals surface area (Å²) in [6.07, 6.45) is 9.48. The number of aromatic nitrogens is 2. The predicted octanol–water partition coefficient (Wildman–Crippen LogP) is 6.90. The van der Waals surface area contributed by atoms with E-state index in [4.69, 9.17) is 0 Å². The zero-order valence-corrected chi connectivity index (χ0v) is 18.3. The molecule has 0 N–H and O–H groups in total. The lowest BCUT2D eigenvalue weighted by Gasteiger charge is -2.37. The largest absolute Gasteiger partial charge is 0.248 e. The van der Waals surface area contributed by atoms with Crippen LogP contribution in [0.3, 0.4) is 0 Å². The molecule has 5 rings (SSSR count). The van der Waals surface area contributed by atoms with E-state index in [1.807, 2.05) is 0 Å². The Morgan fingerprint density at radius 1 is 1.00 bits per heavy atom.